The number of hydrogen-bond donors (Lipinski definition) is 0. The number of hydrogen-bond acceptors (Lipinski definition) is 0. The number of allylic oxidation sites excluding steroid dienone is 2. The molecule has 2 aliphatic rings. The highest BCUT2D eigenvalue weighted by Crippen LogP contribution is 2.46. The first-order chi connectivity index (χ1) is 25.1. The van der Waals surface area contributed by atoms with Gasteiger partial charge in [0.15, 0.2) is 24.1 Å². The summed E-state index contributed by atoms with van der Waals surface area (Å²) in [5.41, 5.74) is 17.0. The van der Waals surface area contributed by atoms with Crippen molar-refractivity contribution in [1.29, 1.82) is 0 Å². The van der Waals surface area contributed by atoms with Crippen molar-refractivity contribution in [2.24, 2.45) is 0 Å². The Morgan fingerprint density at radius 3 is 2.25 bits per heavy atom. The zero-order valence-electron chi connectivity index (χ0n) is 28.8. The van der Waals surface area contributed by atoms with E-state index in [-0.39, 0.29) is 0 Å². The molecular formula is C48H37N3+2. The van der Waals surface area contributed by atoms with Gasteiger partial charge in [0.1, 0.15) is 0 Å². The second-order valence-electron chi connectivity index (χ2n) is 14.6. The van der Waals surface area contributed by atoms with Crippen LogP contribution >= 0.6 is 0 Å². The number of rotatable bonds is 3. The highest BCUT2D eigenvalue weighted by Gasteiger charge is 2.44. The molecule has 1 aliphatic carbocycles. The molecule has 1 aliphatic heterocycles. The summed E-state index contributed by atoms with van der Waals surface area (Å²) >= 11 is 0. The summed E-state index contributed by atoms with van der Waals surface area (Å²) < 4.78 is 7.56. The lowest BCUT2D eigenvalue weighted by Crippen LogP contribution is -2.50. The molecule has 9 aromatic rings. The third kappa shape index (κ3) is 4.06. The van der Waals surface area contributed by atoms with Crippen LogP contribution in [0.2, 0.25) is 0 Å². The van der Waals surface area contributed by atoms with Gasteiger partial charge in [0.25, 0.3) is 0 Å². The molecule has 5 heterocycles. The molecular weight excluding hydrogens is 619 g/mol. The minimum absolute atomic E-state index is 0.344. The summed E-state index contributed by atoms with van der Waals surface area (Å²) in [6.07, 6.45) is 9.19. The highest BCUT2D eigenvalue weighted by molar-refractivity contribution is 6.23. The van der Waals surface area contributed by atoms with E-state index in [0.29, 0.717) is 12.0 Å². The Labute approximate surface area is 297 Å². The van der Waals surface area contributed by atoms with Gasteiger partial charge in [-0.15, -0.1) is 0 Å². The Balaban J connectivity index is 1.13. The molecule has 0 fully saturated rings. The molecule has 0 saturated heterocycles. The summed E-state index contributed by atoms with van der Waals surface area (Å²) in [4.78, 5) is 0. The molecule has 0 spiro atoms. The summed E-state index contributed by atoms with van der Waals surface area (Å²) in [5, 5.41) is 5.27. The van der Waals surface area contributed by atoms with E-state index in [2.05, 4.69) is 179 Å². The van der Waals surface area contributed by atoms with Gasteiger partial charge in [0, 0.05) is 50.9 Å². The summed E-state index contributed by atoms with van der Waals surface area (Å²) in [6.45, 7) is 4.51. The standard InChI is InChI=1S/C48H37N3/c1-30-12-3-4-13-34(30)32-21-24-44(41-28-42-40-18-11-17-39-37-16-7-8-20-45(37)51(48(39)40)47(42)26-31(41)2)50(29-32)33-22-23-38-35-14-5-6-15-36(35)43-19-9-10-25-49(43)46(38)27-33/h3-22,24-26,28-29,38,46H,23,27H2,1-2H3/q+2. The van der Waals surface area contributed by atoms with E-state index in [4.69, 9.17) is 0 Å². The molecule has 3 nitrogen and oxygen atoms in total. The van der Waals surface area contributed by atoms with Gasteiger partial charge in [-0.1, -0.05) is 78.9 Å². The smallest absolute Gasteiger partial charge is 0.218 e. The number of benzene rings is 5. The fraction of sp³-hybridized carbons (Fsp3) is 0.125. The molecule has 0 saturated carbocycles. The van der Waals surface area contributed by atoms with Crippen molar-refractivity contribution >= 4 is 43.8 Å². The molecule has 3 heteroatoms. The first kappa shape index (κ1) is 28.7. The van der Waals surface area contributed by atoms with Crippen LogP contribution in [0.1, 0.15) is 41.5 Å². The van der Waals surface area contributed by atoms with E-state index < -0.39 is 0 Å². The molecule has 0 bridgehead atoms. The molecule has 11 rings (SSSR count). The molecule has 51 heavy (non-hydrogen) atoms. The zero-order chi connectivity index (χ0) is 33.8. The largest absolute Gasteiger partial charge is 0.308 e. The predicted molar refractivity (Wildman–Crippen MR) is 209 cm³/mol. The zero-order valence-corrected chi connectivity index (χ0v) is 28.8. The Bertz CT molecular complexity index is 2910. The van der Waals surface area contributed by atoms with E-state index >= 15 is 0 Å². The number of para-hydroxylation sites is 2. The average Bonchev–Trinajstić information content (AvgIpc) is 3.69. The monoisotopic (exact) mass is 655 g/mol. The fourth-order valence-corrected chi connectivity index (χ4v) is 9.58. The minimum Gasteiger partial charge on any atom is -0.308 e. The molecule has 4 aromatic heterocycles. The van der Waals surface area contributed by atoms with Crippen LogP contribution in [0, 0.1) is 13.8 Å². The Morgan fingerprint density at radius 1 is 0.588 bits per heavy atom. The van der Waals surface area contributed by atoms with Gasteiger partial charge in [-0.3, -0.25) is 0 Å². The second kappa shape index (κ2) is 10.7. The van der Waals surface area contributed by atoms with Crippen molar-refractivity contribution in [3.63, 3.8) is 0 Å². The maximum atomic E-state index is 2.55. The van der Waals surface area contributed by atoms with Gasteiger partial charge >= 0.3 is 0 Å². The number of aromatic nitrogens is 3. The number of nitrogens with zero attached hydrogens (tertiary/aromatic N) is 3. The van der Waals surface area contributed by atoms with E-state index in [1.807, 2.05) is 0 Å². The van der Waals surface area contributed by atoms with Gasteiger partial charge in [-0.25, -0.2) is 0 Å². The fourth-order valence-electron chi connectivity index (χ4n) is 9.58. The van der Waals surface area contributed by atoms with Crippen molar-refractivity contribution in [2.75, 3.05) is 0 Å². The molecule has 2 unspecified atom stereocenters. The second-order valence-corrected chi connectivity index (χ2v) is 14.6. The Morgan fingerprint density at radius 2 is 1.35 bits per heavy atom. The Hall–Kier alpha value is -6.06. The van der Waals surface area contributed by atoms with Crippen molar-refractivity contribution in [2.45, 2.75) is 38.6 Å². The number of fused-ring (bicyclic) bond motifs is 12. The topological polar surface area (TPSA) is 12.2 Å². The van der Waals surface area contributed by atoms with Crippen LogP contribution in [0.5, 0.6) is 0 Å². The van der Waals surface area contributed by atoms with Gasteiger partial charge in [0.05, 0.1) is 34.5 Å². The number of aryl methyl sites for hydroxylation is 2. The summed E-state index contributed by atoms with van der Waals surface area (Å²) in [6, 6.07) is 50.0. The van der Waals surface area contributed by atoms with E-state index in [1.54, 1.807) is 0 Å². The summed E-state index contributed by atoms with van der Waals surface area (Å²) in [5.74, 6) is 0.445. The lowest BCUT2D eigenvalue weighted by Gasteiger charge is -2.32. The van der Waals surface area contributed by atoms with Gasteiger partial charge in [-0.2, -0.15) is 9.13 Å². The van der Waals surface area contributed by atoms with Crippen molar-refractivity contribution in [1.82, 2.24) is 4.40 Å². The first-order valence-corrected chi connectivity index (χ1v) is 18.2. The maximum absolute atomic E-state index is 2.55. The van der Waals surface area contributed by atoms with Gasteiger partial charge in [-0.05, 0) is 85.0 Å². The molecule has 242 valence electrons. The predicted octanol–water partition coefficient (Wildman–Crippen LogP) is 11.0. The maximum Gasteiger partial charge on any atom is 0.218 e. The quantitative estimate of drug-likeness (QED) is 0.168. The normalized spacial score (nSPS) is 16.8. The average molecular weight is 656 g/mol. The minimum atomic E-state index is 0.344. The van der Waals surface area contributed by atoms with Crippen LogP contribution in [0.3, 0.4) is 0 Å². The van der Waals surface area contributed by atoms with Crippen LogP contribution in [0.25, 0.3) is 77.4 Å². The van der Waals surface area contributed by atoms with E-state index in [1.165, 1.54) is 94.1 Å². The van der Waals surface area contributed by atoms with Crippen molar-refractivity contribution < 1.29 is 9.13 Å². The third-order valence-electron chi connectivity index (χ3n) is 11.9. The van der Waals surface area contributed by atoms with E-state index in [9.17, 15) is 0 Å². The Kier molecular flexibility index (Phi) is 6.04. The van der Waals surface area contributed by atoms with Gasteiger partial charge in [0.2, 0.25) is 11.4 Å². The molecule has 2 atom stereocenters. The third-order valence-corrected chi connectivity index (χ3v) is 11.9. The lowest BCUT2D eigenvalue weighted by molar-refractivity contribution is -0.720. The molecule has 0 amide bonds. The first-order valence-electron chi connectivity index (χ1n) is 18.2. The van der Waals surface area contributed by atoms with Crippen molar-refractivity contribution in [3.05, 3.63) is 169 Å². The van der Waals surface area contributed by atoms with Gasteiger partial charge < -0.3 is 4.40 Å². The summed E-state index contributed by atoms with van der Waals surface area (Å²) in [7, 11) is 0. The van der Waals surface area contributed by atoms with E-state index in [0.717, 1.165) is 12.8 Å². The molecule has 0 radical (unpaired) electrons. The van der Waals surface area contributed by atoms with Crippen LogP contribution < -0.4 is 9.13 Å². The SMILES string of the molecule is Cc1ccccc1-c1ccc(-c2cc3c4cccc5c6ccccc6n(c3cc2C)c54)[n+](C2=CCC3c4ccccc4-c4cccc[n+]4C3C2)c1. The van der Waals surface area contributed by atoms with Crippen LogP contribution in [-0.4, -0.2) is 4.40 Å². The van der Waals surface area contributed by atoms with Crippen LogP contribution in [0.15, 0.2) is 152 Å². The molecule has 0 N–H and O–H groups in total. The lowest BCUT2D eigenvalue weighted by atomic mass is 9.76. The van der Waals surface area contributed by atoms with Crippen molar-refractivity contribution in [3.8, 4) is 33.6 Å². The highest BCUT2D eigenvalue weighted by atomic mass is 15.1. The van der Waals surface area contributed by atoms with Crippen LogP contribution in [-0.2, 0) is 0 Å². The molecule has 5 aromatic carbocycles. The number of pyridine rings is 2. The van der Waals surface area contributed by atoms with Crippen LogP contribution in [0.4, 0.5) is 0 Å².